The lowest BCUT2D eigenvalue weighted by Gasteiger charge is -2.22. The van der Waals surface area contributed by atoms with Crippen molar-refractivity contribution in [2.75, 3.05) is 0 Å². The van der Waals surface area contributed by atoms with Gasteiger partial charge < -0.3 is 9.90 Å². The number of hydrazone groups is 1. The Labute approximate surface area is 158 Å². The molecule has 2 aromatic carbocycles. The Balaban J connectivity index is 1.93. The Bertz CT molecular complexity index is 867. The van der Waals surface area contributed by atoms with Crippen molar-refractivity contribution in [1.82, 2.24) is 5.01 Å². The summed E-state index contributed by atoms with van der Waals surface area (Å²) in [5.41, 5.74) is 1.82. The topological polar surface area (TPSA) is 72.8 Å². The number of nitrogens with zero attached hydrogens (tertiary/aromatic N) is 2. The van der Waals surface area contributed by atoms with E-state index in [0.717, 1.165) is 10.0 Å². The second-order valence-corrected chi connectivity index (χ2v) is 6.82. The highest BCUT2D eigenvalue weighted by Crippen LogP contribution is 2.34. The van der Waals surface area contributed by atoms with Gasteiger partial charge >= 0.3 is 0 Å². The third kappa shape index (κ3) is 3.99. The van der Waals surface area contributed by atoms with E-state index in [1.165, 1.54) is 11.1 Å². The monoisotopic (exact) mass is 417 g/mol. The Hall–Kier alpha value is -2.54. The number of hydrogen-bond acceptors (Lipinski definition) is 4. The zero-order chi connectivity index (χ0) is 18.7. The first-order chi connectivity index (χ1) is 12.5. The molecule has 0 aliphatic carbocycles. The summed E-state index contributed by atoms with van der Waals surface area (Å²) in [6.07, 6.45) is -0.299. The molecule has 0 bridgehead atoms. The third-order valence-corrected chi connectivity index (χ3v) is 4.68. The summed E-state index contributed by atoms with van der Waals surface area (Å²) < 4.78 is 15.2. The molecule has 0 spiro atoms. The molecule has 0 saturated carbocycles. The van der Waals surface area contributed by atoms with Crippen LogP contribution in [0.5, 0.6) is 0 Å². The van der Waals surface area contributed by atoms with Crippen molar-refractivity contribution in [1.29, 1.82) is 0 Å². The van der Waals surface area contributed by atoms with Gasteiger partial charge in [0.2, 0.25) is 5.91 Å². The summed E-state index contributed by atoms with van der Waals surface area (Å²) >= 11 is 3.37. The normalized spacial score (nSPS) is 16.5. The Kier molecular flexibility index (Phi) is 5.46. The summed E-state index contributed by atoms with van der Waals surface area (Å²) in [4.78, 5) is 23.1. The number of carbonyl (C=O) groups is 2. The van der Waals surface area contributed by atoms with Crippen molar-refractivity contribution in [3.63, 3.8) is 0 Å². The minimum atomic E-state index is -1.31. The average molecular weight is 418 g/mol. The van der Waals surface area contributed by atoms with Crippen LogP contribution in [-0.4, -0.2) is 22.6 Å². The SMILES string of the molecule is O=C([O-])CCC(=O)N1N=C(c2ccc(Br)cc2)C[C@@H]1c1ccccc1F. The van der Waals surface area contributed by atoms with E-state index in [-0.39, 0.29) is 6.42 Å². The number of aliphatic carboxylic acids is 1. The highest BCUT2D eigenvalue weighted by Gasteiger charge is 2.34. The first-order valence-electron chi connectivity index (χ1n) is 8.05. The quantitative estimate of drug-likeness (QED) is 0.750. The van der Waals surface area contributed by atoms with Gasteiger partial charge in [-0.05, 0) is 30.2 Å². The molecule has 0 aromatic heterocycles. The summed E-state index contributed by atoms with van der Waals surface area (Å²) in [6.45, 7) is 0. The second kappa shape index (κ2) is 7.78. The van der Waals surface area contributed by atoms with Crippen LogP contribution in [0.1, 0.15) is 36.4 Å². The number of benzene rings is 2. The lowest BCUT2D eigenvalue weighted by molar-refractivity contribution is -0.305. The molecule has 2 aromatic rings. The van der Waals surface area contributed by atoms with Crippen LogP contribution in [0.25, 0.3) is 0 Å². The van der Waals surface area contributed by atoms with Crippen LogP contribution in [0.4, 0.5) is 4.39 Å². The summed E-state index contributed by atoms with van der Waals surface area (Å²) in [5.74, 6) is -2.21. The molecule has 0 radical (unpaired) electrons. The number of carboxylic acid groups (broad SMARTS) is 1. The van der Waals surface area contributed by atoms with E-state index in [1.54, 1.807) is 18.2 Å². The minimum absolute atomic E-state index is 0.246. The van der Waals surface area contributed by atoms with Crippen LogP contribution in [0.15, 0.2) is 58.1 Å². The zero-order valence-electron chi connectivity index (χ0n) is 13.7. The van der Waals surface area contributed by atoms with E-state index in [9.17, 15) is 19.1 Å². The molecule has 134 valence electrons. The smallest absolute Gasteiger partial charge is 0.243 e. The highest BCUT2D eigenvalue weighted by molar-refractivity contribution is 9.10. The fourth-order valence-electron chi connectivity index (χ4n) is 2.87. The van der Waals surface area contributed by atoms with Crippen LogP contribution < -0.4 is 5.11 Å². The molecule has 3 rings (SSSR count). The standard InChI is InChI=1S/C19H16BrFN2O3/c20-13-7-5-12(6-8-13)16-11-17(14-3-1-2-4-15(14)21)23(22-16)18(24)9-10-19(25)26/h1-8,17H,9-11H2,(H,25,26)/p-1/t17-/m1/s1. The lowest BCUT2D eigenvalue weighted by atomic mass is 9.98. The molecule has 26 heavy (non-hydrogen) atoms. The second-order valence-electron chi connectivity index (χ2n) is 5.91. The maximum absolute atomic E-state index is 14.3. The highest BCUT2D eigenvalue weighted by atomic mass is 79.9. The number of halogens is 2. The van der Waals surface area contributed by atoms with Gasteiger partial charge in [0.15, 0.2) is 0 Å². The fraction of sp³-hybridized carbons (Fsp3) is 0.211. The third-order valence-electron chi connectivity index (χ3n) is 4.15. The van der Waals surface area contributed by atoms with Crippen LogP contribution in [0, 0.1) is 5.82 Å². The summed E-state index contributed by atoms with van der Waals surface area (Å²) in [7, 11) is 0. The van der Waals surface area contributed by atoms with E-state index in [1.807, 2.05) is 24.3 Å². The first kappa shape index (κ1) is 18.3. The molecule has 5 nitrogen and oxygen atoms in total. The molecule has 1 atom stereocenters. The molecule has 0 saturated heterocycles. The molecule has 1 amide bonds. The van der Waals surface area contributed by atoms with Gasteiger partial charge in [0.1, 0.15) is 5.82 Å². The molecule has 0 N–H and O–H groups in total. The van der Waals surface area contributed by atoms with Crippen molar-refractivity contribution >= 4 is 33.5 Å². The molecule has 1 aliphatic rings. The molecule has 1 heterocycles. The van der Waals surface area contributed by atoms with E-state index >= 15 is 0 Å². The summed E-state index contributed by atoms with van der Waals surface area (Å²) in [6, 6.07) is 13.0. The van der Waals surface area contributed by atoms with Gasteiger partial charge in [-0.2, -0.15) is 5.10 Å². The van der Waals surface area contributed by atoms with Gasteiger partial charge in [-0.25, -0.2) is 9.40 Å². The van der Waals surface area contributed by atoms with E-state index in [4.69, 9.17) is 0 Å². The lowest BCUT2D eigenvalue weighted by Crippen LogP contribution is -2.30. The van der Waals surface area contributed by atoms with E-state index in [2.05, 4.69) is 21.0 Å². The van der Waals surface area contributed by atoms with E-state index < -0.39 is 30.2 Å². The van der Waals surface area contributed by atoms with Gasteiger partial charge in [-0.15, -0.1) is 0 Å². The van der Waals surface area contributed by atoms with Gasteiger partial charge in [0.05, 0.1) is 11.8 Å². The molecular formula is C19H15BrFN2O3-. The molecule has 0 unspecified atom stereocenters. The number of rotatable bonds is 5. The Morgan fingerprint density at radius 3 is 2.50 bits per heavy atom. The Morgan fingerprint density at radius 1 is 1.15 bits per heavy atom. The number of amides is 1. The predicted molar refractivity (Wildman–Crippen MR) is 95.5 cm³/mol. The molecule has 1 aliphatic heterocycles. The van der Waals surface area contributed by atoms with Crippen molar-refractivity contribution in [3.05, 3.63) is 69.9 Å². The number of hydrogen-bond donors (Lipinski definition) is 0. The van der Waals surface area contributed by atoms with Crippen molar-refractivity contribution in [2.45, 2.75) is 25.3 Å². The molecular weight excluding hydrogens is 403 g/mol. The maximum Gasteiger partial charge on any atom is 0.243 e. The largest absolute Gasteiger partial charge is 0.550 e. The maximum atomic E-state index is 14.3. The van der Waals surface area contributed by atoms with Crippen LogP contribution >= 0.6 is 15.9 Å². The average Bonchev–Trinajstić information content (AvgIpc) is 3.06. The van der Waals surface area contributed by atoms with Gasteiger partial charge in [-0.3, -0.25) is 4.79 Å². The zero-order valence-corrected chi connectivity index (χ0v) is 15.3. The minimum Gasteiger partial charge on any atom is -0.550 e. The van der Waals surface area contributed by atoms with Gasteiger partial charge in [0.25, 0.3) is 0 Å². The van der Waals surface area contributed by atoms with Crippen molar-refractivity contribution in [2.24, 2.45) is 5.10 Å². The predicted octanol–water partition coefficient (Wildman–Crippen LogP) is 2.80. The van der Waals surface area contributed by atoms with Crippen LogP contribution in [0.2, 0.25) is 0 Å². The van der Waals surface area contributed by atoms with Crippen LogP contribution in [0.3, 0.4) is 0 Å². The van der Waals surface area contributed by atoms with E-state index in [0.29, 0.717) is 17.7 Å². The Morgan fingerprint density at radius 2 is 1.85 bits per heavy atom. The fourth-order valence-corrected chi connectivity index (χ4v) is 3.13. The van der Waals surface area contributed by atoms with Crippen LogP contribution in [-0.2, 0) is 9.59 Å². The number of carbonyl (C=O) groups excluding carboxylic acids is 2. The van der Waals surface area contributed by atoms with Crippen molar-refractivity contribution < 1.29 is 19.1 Å². The molecule has 0 fully saturated rings. The first-order valence-corrected chi connectivity index (χ1v) is 8.85. The molecule has 7 heteroatoms. The number of carboxylic acids is 1. The van der Waals surface area contributed by atoms with Crippen molar-refractivity contribution in [3.8, 4) is 0 Å². The summed E-state index contributed by atoms with van der Waals surface area (Å²) in [5, 5.41) is 16.2. The van der Waals surface area contributed by atoms with Gasteiger partial charge in [0, 0.05) is 28.8 Å². The van der Waals surface area contributed by atoms with Gasteiger partial charge in [-0.1, -0.05) is 46.3 Å².